The number of aryl methyl sites for hydroxylation is 3. The Balaban J connectivity index is 1.89. The number of hydrogen-bond acceptors (Lipinski definition) is 5. The second-order valence-corrected chi connectivity index (χ2v) is 10.6. The van der Waals surface area contributed by atoms with Crippen LogP contribution in [-0.4, -0.2) is 31.2 Å². The summed E-state index contributed by atoms with van der Waals surface area (Å²) in [5, 5.41) is 6.01. The molecule has 8 heteroatoms. The molecule has 0 aliphatic rings. The van der Waals surface area contributed by atoms with Crippen molar-refractivity contribution in [2.45, 2.75) is 32.1 Å². The van der Waals surface area contributed by atoms with Crippen LogP contribution in [0, 0.1) is 13.8 Å². The van der Waals surface area contributed by atoms with Crippen molar-refractivity contribution < 1.29 is 13.2 Å². The van der Waals surface area contributed by atoms with Gasteiger partial charge in [-0.2, -0.15) is 5.10 Å². The number of sulfonamides is 1. The average molecular weight is 480 g/mol. The van der Waals surface area contributed by atoms with Crippen LogP contribution in [0.4, 0.5) is 5.69 Å². The average Bonchev–Trinajstić information content (AvgIpc) is 3.42. The van der Waals surface area contributed by atoms with Crippen LogP contribution in [0.5, 0.6) is 0 Å². The third kappa shape index (κ3) is 4.24. The molecule has 0 spiro atoms. The standard InChI is InChI=1S/C25H25N3O3S2/c1-5-19-11-13-21(14-12-19)27(4)33(30,31)24-22(20-9-7-6-8-10-20)16-32-23(24)25(29)28-18(3)15-17(2)26-28/h6-16H,5H2,1-4H3. The van der Waals surface area contributed by atoms with Crippen LogP contribution in [0.2, 0.25) is 0 Å². The maximum absolute atomic E-state index is 13.9. The monoisotopic (exact) mass is 479 g/mol. The maximum atomic E-state index is 13.9. The van der Waals surface area contributed by atoms with E-state index in [2.05, 4.69) is 5.10 Å². The molecule has 0 atom stereocenters. The Bertz CT molecular complexity index is 1400. The van der Waals surface area contributed by atoms with Gasteiger partial charge < -0.3 is 0 Å². The van der Waals surface area contributed by atoms with Gasteiger partial charge in [0.05, 0.1) is 11.4 Å². The minimum atomic E-state index is -4.05. The molecule has 0 bridgehead atoms. The fraction of sp³-hybridized carbons (Fsp3) is 0.200. The lowest BCUT2D eigenvalue weighted by atomic mass is 10.1. The van der Waals surface area contributed by atoms with Gasteiger partial charge in [0.1, 0.15) is 9.77 Å². The van der Waals surface area contributed by atoms with Gasteiger partial charge >= 0.3 is 0 Å². The van der Waals surface area contributed by atoms with Crippen molar-refractivity contribution in [3.63, 3.8) is 0 Å². The van der Waals surface area contributed by atoms with Crippen LogP contribution in [0.1, 0.15) is 33.5 Å². The van der Waals surface area contributed by atoms with Crippen LogP contribution in [-0.2, 0) is 16.4 Å². The zero-order valence-electron chi connectivity index (χ0n) is 18.9. The number of thiophene rings is 1. The Morgan fingerprint density at radius 2 is 1.73 bits per heavy atom. The summed E-state index contributed by atoms with van der Waals surface area (Å²) in [7, 11) is -2.54. The Labute approximate surface area is 198 Å². The quantitative estimate of drug-likeness (QED) is 0.376. The van der Waals surface area contributed by atoms with E-state index >= 15 is 0 Å². The third-order valence-corrected chi connectivity index (χ3v) is 8.52. The second-order valence-electron chi connectivity index (χ2n) is 7.81. The highest BCUT2D eigenvalue weighted by Gasteiger charge is 2.33. The van der Waals surface area contributed by atoms with Crippen molar-refractivity contribution in [3.8, 4) is 11.1 Å². The molecule has 0 aliphatic carbocycles. The number of carbonyl (C=O) groups excluding carboxylic acids is 1. The highest BCUT2D eigenvalue weighted by molar-refractivity contribution is 7.93. The van der Waals surface area contributed by atoms with Gasteiger partial charge in [0.2, 0.25) is 0 Å². The van der Waals surface area contributed by atoms with E-state index in [1.54, 1.807) is 37.4 Å². The molecule has 2 heterocycles. The first-order chi connectivity index (χ1) is 15.7. The van der Waals surface area contributed by atoms with Crippen LogP contribution in [0.25, 0.3) is 11.1 Å². The molecule has 0 saturated heterocycles. The summed E-state index contributed by atoms with van der Waals surface area (Å²) in [6.45, 7) is 5.62. The Morgan fingerprint density at radius 1 is 1.06 bits per heavy atom. The van der Waals surface area contributed by atoms with Crippen molar-refractivity contribution in [1.82, 2.24) is 9.78 Å². The summed E-state index contributed by atoms with van der Waals surface area (Å²) in [6, 6.07) is 18.4. The van der Waals surface area contributed by atoms with E-state index in [1.165, 1.54) is 16.0 Å². The first-order valence-corrected chi connectivity index (χ1v) is 12.9. The highest BCUT2D eigenvalue weighted by atomic mass is 32.2. The SMILES string of the molecule is CCc1ccc(N(C)S(=O)(=O)c2c(-c3ccccc3)csc2C(=O)n2nc(C)cc2C)cc1. The van der Waals surface area contributed by atoms with Crippen LogP contribution in [0.15, 0.2) is 70.9 Å². The zero-order valence-corrected chi connectivity index (χ0v) is 20.6. The van der Waals surface area contributed by atoms with E-state index in [0.29, 0.717) is 22.6 Å². The molecule has 4 aromatic rings. The van der Waals surface area contributed by atoms with Crippen molar-refractivity contribution in [2.24, 2.45) is 0 Å². The maximum Gasteiger partial charge on any atom is 0.289 e. The highest BCUT2D eigenvalue weighted by Crippen LogP contribution is 2.38. The lowest BCUT2D eigenvalue weighted by Crippen LogP contribution is -2.29. The van der Waals surface area contributed by atoms with E-state index in [9.17, 15) is 13.2 Å². The molecule has 0 radical (unpaired) electrons. The number of carbonyl (C=O) groups is 1. The van der Waals surface area contributed by atoms with Gasteiger partial charge in [-0.05, 0) is 49.6 Å². The number of rotatable bonds is 6. The van der Waals surface area contributed by atoms with E-state index in [0.717, 1.165) is 28.9 Å². The Kier molecular flexibility index (Phi) is 6.23. The molecule has 170 valence electrons. The third-order valence-electron chi connectivity index (χ3n) is 5.55. The summed E-state index contributed by atoms with van der Waals surface area (Å²) >= 11 is 1.12. The molecular formula is C25H25N3O3S2. The first-order valence-electron chi connectivity index (χ1n) is 10.6. The minimum Gasteiger partial charge on any atom is -0.269 e. The molecule has 0 N–H and O–H groups in total. The van der Waals surface area contributed by atoms with Gasteiger partial charge in [-0.1, -0.05) is 49.4 Å². The van der Waals surface area contributed by atoms with Crippen LogP contribution < -0.4 is 4.31 Å². The van der Waals surface area contributed by atoms with E-state index in [1.807, 2.05) is 49.4 Å². The molecular weight excluding hydrogens is 454 g/mol. The van der Waals surface area contributed by atoms with Gasteiger partial charge in [-0.15, -0.1) is 11.3 Å². The molecule has 0 amide bonds. The summed E-state index contributed by atoms with van der Waals surface area (Å²) in [6.07, 6.45) is 0.862. The molecule has 33 heavy (non-hydrogen) atoms. The number of nitrogens with zero attached hydrogens (tertiary/aromatic N) is 3. The van der Waals surface area contributed by atoms with Crippen molar-refractivity contribution in [2.75, 3.05) is 11.4 Å². The molecule has 6 nitrogen and oxygen atoms in total. The Hall–Kier alpha value is -3.23. The normalized spacial score (nSPS) is 11.5. The second kappa shape index (κ2) is 8.96. The zero-order chi connectivity index (χ0) is 23.8. The van der Waals surface area contributed by atoms with Crippen molar-refractivity contribution >= 4 is 33.0 Å². The number of anilines is 1. The van der Waals surface area contributed by atoms with Crippen LogP contribution in [0.3, 0.4) is 0 Å². The molecule has 4 rings (SSSR count). The molecule has 2 aromatic carbocycles. The fourth-order valence-electron chi connectivity index (χ4n) is 3.72. The first kappa shape index (κ1) is 22.9. The fourth-order valence-corrected chi connectivity index (χ4v) is 6.59. The van der Waals surface area contributed by atoms with Crippen molar-refractivity contribution in [3.05, 3.63) is 87.9 Å². The lowest BCUT2D eigenvalue weighted by Gasteiger charge is -2.21. The van der Waals surface area contributed by atoms with Gasteiger partial charge in [0.25, 0.3) is 15.9 Å². The van der Waals surface area contributed by atoms with Gasteiger partial charge in [0, 0.05) is 23.7 Å². The molecule has 2 aromatic heterocycles. The minimum absolute atomic E-state index is 0.00155. The number of benzene rings is 2. The van der Waals surface area contributed by atoms with E-state index in [-0.39, 0.29) is 9.77 Å². The van der Waals surface area contributed by atoms with E-state index < -0.39 is 15.9 Å². The number of hydrogen-bond donors (Lipinski definition) is 0. The van der Waals surface area contributed by atoms with Crippen LogP contribution >= 0.6 is 11.3 Å². The lowest BCUT2D eigenvalue weighted by molar-refractivity contribution is 0.0943. The Morgan fingerprint density at radius 3 is 2.30 bits per heavy atom. The smallest absolute Gasteiger partial charge is 0.269 e. The van der Waals surface area contributed by atoms with Gasteiger partial charge in [0.15, 0.2) is 0 Å². The summed E-state index contributed by atoms with van der Waals surface area (Å²) in [4.78, 5) is 13.6. The van der Waals surface area contributed by atoms with Gasteiger partial charge in [-0.3, -0.25) is 9.10 Å². The predicted octanol–water partition coefficient (Wildman–Crippen LogP) is 5.30. The molecule has 0 unspecified atom stereocenters. The van der Waals surface area contributed by atoms with E-state index in [4.69, 9.17) is 0 Å². The largest absolute Gasteiger partial charge is 0.289 e. The molecule has 0 aliphatic heterocycles. The topological polar surface area (TPSA) is 72.3 Å². The number of aromatic nitrogens is 2. The summed E-state index contributed by atoms with van der Waals surface area (Å²) < 4.78 is 30.4. The van der Waals surface area contributed by atoms with Gasteiger partial charge in [-0.25, -0.2) is 13.1 Å². The van der Waals surface area contributed by atoms with Crippen molar-refractivity contribution in [1.29, 1.82) is 0 Å². The summed E-state index contributed by atoms with van der Waals surface area (Å²) in [5.41, 5.74) is 4.22. The molecule has 0 fully saturated rings. The summed E-state index contributed by atoms with van der Waals surface area (Å²) in [5.74, 6) is -0.457. The predicted molar refractivity (Wildman–Crippen MR) is 133 cm³/mol. The molecule has 0 saturated carbocycles.